The van der Waals surface area contributed by atoms with Crippen LogP contribution in [0.25, 0.3) is 16.8 Å². The van der Waals surface area contributed by atoms with Crippen LogP contribution in [0.1, 0.15) is 92.2 Å². The molecular weight excluding hydrogens is 456 g/mol. The molecule has 1 saturated heterocycles. The molecule has 6 nitrogen and oxygen atoms in total. The highest BCUT2D eigenvalue weighted by atomic mass is 15.0. The summed E-state index contributed by atoms with van der Waals surface area (Å²) in [4.78, 5) is 16.7. The van der Waals surface area contributed by atoms with E-state index in [-0.39, 0.29) is 6.04 Å². The van der Waals surface area contributed by atoms with Crippen LogP contribution >= 0.6 is 0 Å². The summed E-state index contributed by atoms with van der Waals surface area (Å²) in [5.41, 5.74) is 9.67. The van der Waals surface area contributed by atoms with Gasteiger partial charge in [-0.25, -0.2) is 9.97 Å². The summed E-state index contributed by atoms with van der Waals surface area (Å²) < 4.78 is 0. The number of aryl methyl sites for hydroxylation is 2. The van der Waals surface area contributed by atoms with Crippen molar-refractivity contribution in [3.8, 4) is 23.1 Å². The van der Waals surface area contributed by atoms with Crippen molar-refractivity contribution in [2.45, 2.75) is 70.9 Å². The van der Waals surface area contributed by atoms with E-state index in [1.54, 1.807) is 0 Å². The smallest absolute Gasteiger partial charge is 0.123 e. The minimum Gasteiger partial charge on any atom is -0.344 e. The molecule has 6 rings (SSSR count). The number of nitrogens with one attached hydrogen (secondary N) is 4. The molecule has 2 aromatic heterocycles. The summed E-state index contributed by atoms with van der Waals surface area (Å²) in [6.07, 6.45) is 13.8. The van der Waals surface area contributed by atoms with Crippen LogP contribution in [0.3, 0.4) is 0 Å². The van der Waals surface area contributed by atoms with Gasteiger partial charge < -0.3 is 20.6 Å². The Kier molecular flexibility index (Phi) is 6.82. The summed E-state index contributed by atoms with van der Waals surface area (Å²) in [5, 5.41) is 7.05. The van der Waals surface area contributed by atoms with Gasteiger partial charge in [-0.15, -0.1) is 0 Å². The molecule has 3 aliphatic rings. The fourth-order valence-electron chi connectivity index (χ4n) is 5.58. The normalized spacial score (nSPS) is 19.4. The Bertz CT molecular complexity index is 1400. The Labute approximate surface area is 219 Å². The van der Waals surface area contributed by atoms with E-state index in [4.69, 9.17) is 4.98 Å². The molecule has 3 aromatic rings. The molecule has 2 atom stereocenters. The second-order valence-electron chi connectivity index (χ2n) is 10.5. The van der Waals surface area contributed by atoms with Crippen LogP contribution in [0.5, 0.6) is 0 Å². The van der Waals surface area contributed by atoms with Crippen molar-refractivity contribution >= 4 is 5.57 Å². The summed E-state index contributed by atoms with van der Waals surface area (Å²) in [6, 6.07) is 7.21. The first-order chi connectivity index (χ1) is 18.2. The van der Waals surface area contributed by atoms with Crippen molar-refractivity contribution in [3.05, 3.63) is 76.3 Å². The third kappa shape index (κ3) is 5.07. The molecule has 0 saturated carbocycles. The Hall–Kier alpha value is -3.40. The number of rotatable bonds is 6. The maximum atomic E-state index is 4.97. The molecule has 6 heteroatoms. The summed E-state index contributed by atoms with van der Waals surface area (Å²) >= 11 is 0. The molecule has 0 unspecified atom stereocenters. The lowest BCUT2D eigenvalue weighted by Crippen LogP contribution is -2.20. The van der Waals surface area contributed by atoms with E-state index in [2.05, 4.69) is 81.6 Å². The van der Waals surface area contributed by atoms with Gasteiger partial charge in [-0.1, -0.05) is 37.0 Å². The van der Waals surface area contributed by atoms with E-state index >= 15 is 0 Å². The van der Waals surface area contributed by atoms with Crippen molar-refractivity contribution in [1.82, 2.24) is 30.6 Å². The summed E-state index contributed by atoms with van der Waals surface area (Å²) in [5.74, 6) is 8.94. The minimum atomic E-state index is 0.233. The number of imidazole rings is 2. The number of fused-ring (bicyclic) bond motifs is 3. The highest BCUT2D eigenvalue weighted by molar-refractivity contribution is 5.70. The molecule has 1 aliphatic heterocycles. The zero-order chi connectivity index (χ0) is 25.2. The Morgan fingerprint density at radius 1 is 1.11 bits per heavy atom. The number of hydrogen-bond acceptors (Lipinski definition) is 4. The maximum Gasteiger partial charge on any atom is 0.123 e. The molecule has 37 heavy (non-hydrogen) atoms. The number of allylic oxidation sites excluding steroid dienone is 4. The van der Waals surface area contributed by atoms with Crippen molar-refractivity contribution in [3.63, 3.8) is 0 Å². The van der Waals surface area contributed by atoms with Crippen molar-refractivity contribution in [2.75, 3.05) is 13.1 Å². The van der Waals surface area contributed by atoms with Gasteiger partial charge in [-0.05, 0) is 88.2 Å². The molecule has 0 bridgehead atoms. The second kappa shape index (κ2) is 10.5. The van der Waals surface area contributed by atoms with Gasteiger partial charge in [0.05, 0.1) is 29.7 Å². The highest BCUT2D eigenvalue weighted by Gasteiger charge is 2.22. The van der Waals surface area contributed by atoms with E-state index in [9.17, 15) is 0 Å². The zero-order valence-electron chi connectivity index (χ0n) is 21.9. The zero-order valence-corrected chi connectivity index (χ0v) is 21.9. The molecule has 4 N–H and O–H groups in total. The highest BCUT2D eigenvalue weighted by Crippen LogP contribution is 2.33. The van der Waals surface area contributed by atoms with Gasteiger partial charge in [0.2, 0.25) is 0 Å². The lowest BCUT2D eigenvalue weighted by Gasteiger charge is -2.15. The monoisotopic (exact) mass is 492 g/mol. The van der Waals surface area contributed by atoms with Crippen molar-refractivity contribution in [2.24, 2.45) is 0 Å². The molecule has 1 fully saturated rings. The lowest BCUT2D eigenvalue weighted by molar-refractivity contribution is 0.548. The first-order valence-electron chi connectivity index (χ1n) is 13.8. The van der Waals surface area contributed by atoms with Gasteiger partial charge in [0.1, 0.15) is 11.6 Å². The van der Waals surface area contributed by atoms with Gasteiger partial charge in [0.15, 0.2) is 0 Å². The lowest BCUT2D eigenvalue weighted by atomic mass is 9.91. The number of benzene rings is 1. The number of H-pyrrole nitrogens is 2. The number of aromatic amines is 2. The molecule has 1 aromatic carbocycles. The van der Waals surface area contributed by atoms with Gasteiger partial charge in [-0.3, -0.25) is 0 Å². The van der Waals surface area contributed by atoms with Crippen LogP contribution in [0.15, 0.2) is 42.1 Å². The second-order valence-corrected chi connectivity index (χ2v) is 10.5. The van der Waals surface area contributed by atoms with E-state index in [0.29, 0.717) is 6.04 Å². The number of hydrogen-bond donors (Lipinski definition) is 4. The quantitative estimate of drug-likeness (QED) is 0.341. The van der Waals surface area contributed by atoms with E-state index in [1.807, 2.05) is 6.20 Å². The molecule has 0 radical (unpaired) electrons. The minimum absolute atomic E-state index is 0.233. The SMILES string of the molecule is CCCN[C@@H](C)c1nc2c([nH]1)CCc1cc(C#CC3=CC=C(c4cnc([C@@H]5CCCN5)[nH]4)CC3)ccc1-2. The Morgan fingerprint density at radius 3 is 2.86 bits per heavy atom. The van der Waals surface area contributed by atoms with Crippen LogP contribution in [0.4, 0.5) is 0 Å². The fraction of sp³-hybridized carbons (Fsp3) is 0.419. The third-order valence-corrected chi connectivity index (χ3v) is 7.76. The molecule has 0 amide bonds. The van der Waals surface area contributed by atoms with Crippen LogP contribution < -0.4 is 10.6 Å². The van der Waals surface area contributed by atoms with Crippen LogP contribution in [0.2, 0.25) is 0 Å². The Balaban J connectivity index is 1.15. The molecule has 190 valence electrons. The van der Waals surface area contributed by atoms with Crippen molar-refractivity contribution in [1.29, 1.82) is 0 Å². The van der Waals surface area contributed by atoms with Gasteiger partial charge >= 0.3 is 0 Å². The Morgan fingerprint density at radius 2 is 2.05 bits per heavy atom. The number of nitrogens with zero attached hydrogens (tertiary/aromatic N) is 2. The van der Waals surface area contributed by atoms with Gasteiger partial charge in [-0.2, -0.15) is 0 Å². The molecular formula is C31H36N6. The van der Waals surface area contributed by atoms with E-state index < -0.39 is 0 Å². The average molecular weight is 493 g/mol. The first-order valence-corrected chi connectivity index (χ1v) is 13.8. The summed E-state index contributed by atoms with van der Waals surface area (Å²) in [6.45, 7) is 6.45. The van der Waals surface area contributed by atoms with Gasteiger partial charge in [0.25, 0.3) is 0 Å². The van der Waals surface area contributed by atoms with E-state index in [0.717, 1.165) is 80.2 Å². The standard InChI is InChI=1S/C31H36N6/c1-3-16-32-20(2)30-35-26-15-13-24-18-22(10-14-25(24)29(26)37-30)7-6-21-8-11-23(12-9-21)28-19-34-31(36-28)27-5-4-17-33-27/h8,10-11,14,18-20,27,32-33H,3-5,9,12-13,15-17H2,1-2H3,(H,34,36)(H,35,37)/t20-,27-/m0/s1. The van der Waals surface area contributed by atoms with Crippen molar-refractivity contribution < 1.29 is 0 Å². The fourth-order valence-corrected chi connectivity index (χ4v) is 5.58. The average Bonchev–Trinajstić information content (AvgIpc) is 3.71. The van der Waals surface area contributed by atoms with Crippen LogP contribution in [-0.2, 0) is 12.8 Å². The molecule has 3 heterocycles. The maximum absolute atomic E-state index is 4.97. The predicted octanol–water partition coefficient (Wildman–Crippen LogP) is 5.54. The summed E-state index contributed by atoms with van der Waals surface area (Å²) in [7, 11) is 0. The molecule has 0 spiro atoms. The topological polar surface area (TPSA) is 81.4 Å². The van der Waals surface area contributed by atoms with Crippen LogP contribution in [0, 0.1) is 11.8 Å². The van der Waals surface area contributed by atoms with Gasteiger partial charge in [0, 0.05) is 22.4 Å². The van der Waals surface area contributed by atoms with E-state index in [1.165, 1.54) is 34.4 Å². The third-order valence-electron chi connectivity index (χ3n) is 7.76. The predicted molar refractivity (Wildman–Crippen MR) is 149 cm³/mol. The molecule has 2 aliphatic carbocycles. The largest absolute Gasteiger partial charge is 0.344 e. The van der Waals surface area contributed by atoms with Crippen LogP contribution in [-0.4, -0.2) is 33.0 Å². The first kappa shape index (κ1) is 24.0. The number of aromatic nitrogens is 4.